The molecule has 1 aromatic rings. The molecule has 0 saturated carbocycles. The first-order valence-corrected chi connectivity index (χ1v) is 5.53. The van der Waals surface area contributed by atoms with E-state index in [-0.39, 0.29) is 0 Å². The van der Waals surface area contributed by atoms with Crippen LogP contribution in [0.5, 0.6) is 5.75 Å². The Morgan fingerprint density at radius 1 is 1.35 bits per heavy atom. The molecule has 3 nitrogen and oxygen atoms in total. The van der Waals surface area contributed by atoms with Gasteiger partial charge in [-0.25, -0.2) is 4.79 Å². The van der Waals surface area contributed by atoms with E-state index in [4.69, 9.17) is 4.74 Å². The molecule has 0 aliphatic carbocycles. The predicted octanol–water partition coefficient (Wildman–Crippen LogP) is 3.13. The Labute approximate surface area is 103 Å². The highest BCUT2D eigenvalue weighted by molar-refractivity contribution is 5.80. The number of esters is 1. The van der Waals surface area contributed by atoms with Crippen LogP contribution >= 0.6 is 0 Å². The molecular weight excluding hydrogens is 216 g/mol. The number of hydrogen-bond acceptors (Lipinski definition) is 3. The van der Waals surface area contributed by atoms with Crippen LogP contribution in [-0.4, -0.2) is 19.7 Å². The molecule has 1 rings (SSSR count). The normalized spacial score (nSPS) is 8.65. The third kappa shape index (κ3) is 8.08. The second-order valence-electron chi connectivity index (χ2n) is 3.39. The van der Waals surface area contributed by atoms with E-state index in [0.29, 0.717) is 0 Å². The maximum Gasteiger partial charge on any atom is 0.329 e. The number of ether oxygens (including phenoxy) is 2. The van der Waals surface area contributed by atoms with Crippen molar-refractivity contribution in [2.75, 3.05) is 13.7 Å². The van der Waals surface area contributed by atoms with Crippen molar-refractivity contribution in [3.05, 3.63) is 42.5 Å². The summed E-state index contributed by atoms with van der Waals surface area (Å²) < 4.78 is 9.55. The zero-order valence-electron chi connectivity index (χ0n) is 10.7. The van der Waals surface area contributed by atoms with Crippen LogP contribution in [0.25, 0.3) is 0 Å². The Balaban J connectivity index is 0.000000366. The van der Waals surface area contributed by atoms with Gasteiger partial charge in [0.25, 0.3) is 0 Å². The Hall–Kier alpha value is -1.77. The summed E-state index contributed by atoms with van der Waals surface area (Å²) in [7, 11) is 1.31. The summed E-state index contributed by atoms with van der Waals surface area (Å²) in [4.78, 5) is 9.84. The highest BCUT2D eigenvalue weighted by atomic mass is 16.5. The van der Waals surface area contributed by atoms with Crippen molar-refractivity contribution < 1.29 is 14.3 Å². The smallest absolute Gasteiger partial charge is 0.329 e. The monoisotopic (exact) mass is 236 g/mol. The molecule has 0 heterocycles. The maximum atomic E-state index is 9.84. The second-order valence-corrected chi connectivity index (χ2v) is 3.39. The van der Waals surface area contributed by atoms with Gasteiger partial charge in [0.2, 0.25) is 0 Å². The van der Waals surface area contributed by atoms with Gasteiger partial charge in [-0.05, 0) is 25.5 Å². The number of hydrogen-bond donors (Lipinski definition) is 0. The van der Waals surface area contributed by atoms with Gasteiger partial charge in [-0.15, -0.1) is 0 Å². The highest BCUT2D eigenvalue weighted by Crippen LogP contribution is 2.11. The van der Waals surface area contributed by atoms with E-state index in [1.54, 1.807) is 0 Å². The zero-order valence-corrected chi connectivity index (χ0v) is 10.7. The van der Waals surface area contributed by atoms with Gasteiger partial charge in [-0.2, -0.15) is 0 Å². The number of rotatable bonds is 4. The number of carbonyl (C=O) groups excluding carboxylic acids is 1. The van der Waals surface area contributed by atoms with E-state index in [9.17, 15) is 4.79 Å². The van der Waals surface area contributed by atoms with Crippen LogP contribution in [0.15, 0.2) is 36.9 Å². The summed E-state index contributed by atoms with van der Waals surface area (Å²) in [6.07, 6.45) is 2.17. The molecule has 0 radical (unpaired) electrons. The van der Waals surface area contributed by atoms with Crippen molar-refractivity contribution >= 4 is 5.97 Å². The topological polar surface area (TPSA) is 35.5 Å². The summed E-state index contributed by atoms with van der Waals surface area (Å²) in [5.74, 6) is 0.576. The minimum Gasteiger partial charge on any atom is -0.494 e. The molecule has 0 aromatic heterocycles. The van der Waals surface area contributed by atoms with Gasteiger partial charge in [0.15, 0.2) is 0 Å². The first-order valence-electron chi connectivity index (χ1n) is 5.53. The summed E-state index contributed by atoms with van der Waals surface area (Å²) in [5, 5.41) is 0. The lowest BCUT2D eigenvalue weighted by Crippen LogP contribution is -1.94. The summed E-state index contributed by atoms with van der Waals surface area (Å²) >= 11 is 0. The summed E-state index contributed by atoms with van der Waals surface area (Å²) in [5.41, 5.74) is 1.27. The summed E-state index contributed by atoms with van der Waals surface area (Å²) in [6.45, 7) is 8.14. The Morgan fingerprint density at radius 3 is 2.29 bits per heavy atom. The van der Waals surface area contributed by atoms with Crippen molar-refractivity contribution in [3.8, 4) is 5.75 Å². The molecule has 0 amide bonds. The fourth-order valence-electron chi connectivity index (χ4n) is 0.938. The molecule has 0 aliphatic rings. The van der Waals surface area contributed by atoms with E-state index in [0.717, 1.165) is 24.9 Å². The van der Waals surface area contributed by atoms with Gasteiger partial charge >= 0.3 is 5.97 Å². The lowest BCUT2D eigenvalue weighted by atomic mass is 10.2. The fraction of sp³-hybridized carbons (Fsp3) is 0.357. The number of benzene rings is 1. The lowest BCUT2D eigenvalue weighted by molar-refractivity contribution is -0.134. The number of carbonyl (C=O) groups is 1. The third-order valence-electron chi connectivity index (χ3n) is 1.86. The van der Waals surface area contributed by atoms with Crippen LogP contribution in [0, 0.1) is 6.92 Å². The number of aryl methyl sites for hydroxylation is 1. The Kier molecular flexibility index (Phi) is 8.47. The zero-order chi connectivity index (χ0) is 13.1. The highest BCUT2D eigenvalue weighted by Gasteiger charge is 1.89. The van der Waals surface area contributed by atoms with Crippen molar-refractivity contribution in [1.29, 1.82) is 0 Å². The standard InChI is InChI=1S/C10H14O.C4H6O2/c1-3-8-11-10-6-4-9(2)5-7-10;1-3-4(5)6-2/h4-7H,3,8H2,1-2H3;3H,1H2,2H3. The van der Waals surface area contributed by atoms with Gasteiger partial charge in [0.05, 0.1) is 13.7 Å². The molecule has 0 bridgehead atoms. The maximum absolute atomic E-state index is 9.84. The van der Waals surface area contributed by atoms with E-state index in [2.05, 4.69) is 37.3 Å². The number of methoxy groups -OCH3 is 1. The molecular formula is C14H20O3. The predicted molar refractivity (Wildman–Crippen MR) is 69.2 cm³/mol. The van der Waals surface area contributed by atoms with E-state index >= 15 is 0 Å². The molecule has 1 aromatic carbocycles. The molecule has 0 aliphatic heterocycles. The van der Waals surface area contributed by atoms with Crippen LogP contribution in [0.3, 0.4) is 0 Å². The molecule has 17 heavy (non-hydrogen) atoms. The van der Waals surface area contributed by atoms with Gasteiger partial charge < -0.3 is 9.47 Å². The van der Waals surface area contributed by atoms with Crippen molar-refractivity contribution in [3.63, 3.8) is 0 Å². The van der Waals surface area contributed by atoms with E-state index < -0.39 is 5.97 Å². The van der Waals surface area contributed by atoms with Crippen LogP contribution < -0.4 is 4.74 Å². The third-order valence-corrected chi connectivity index (χ3v) is 1.86. The van der Waals surface area contributed by atoms with Crippen LogP contribution in [0.4, 0.5) is 0 Å². The van der Waals surface area contributed by atoms with E-state index in [1.807, 2.05) is 12.1 Å². The molecule has 0 saturated heterocycles. The minimum absolute atomic E-state index is 0.394. The van der Waals surface area contributed by atoms with Crippen molar-refractivity contribution in [2.45, 2.75) is 20.3 Å². The molecule has 0 unspecified atom stereocenters. The van der Waals surface area contributed by atoms with Gasteiger partial charge in [0.1, 0.15) is 5.75 Å². The molecule has 0 spiro atoms. The molecule has 0 N–H and O–H groups in total. The first-order chi connectivity index (χ1) is 8.13. The van der Waals surface area contributed by atoms with Gasteiger partial charge in [0, 0.05) is 6.08 Å². The molecule has 0 atom stereocenters. The quantitative estimate of drug-likeness (QED) is 0.595. The van der Waals surface area contributed by atoms with Crippen LogP contribution in [-0.2, 0) is 9.53 Å². The molecule has 0 fully saturated rings. The van der Waals surface area contributed by atoms with Crippen LogP contribution in [0.2, 0.25) is 0 Å². The fourth-order valence-corrected chi connectivity index (χ4v) is 0.938. The second kappa shape index (κ2) is 9.46. The first kappa shape index (κ1) is 15.2. The van der Waals surface area contributed by atoms with Crippen molar-refractivity contribution in [1.82, 2.24) is 0 Å². The van der Waals surface area contributed by atoms with Crippen molar-refractivity contribution in [2.24, 2.45) is 0 Å². The average Bonchev–Trinajstić information content (AvgIpc) is 2.38. The average molecular weight is 236 g/mol. The Morgan fingerprint density at radius 2 is 1.94 bits per heavy atom. The van der Waals surface area contributed by atoms with Gasteiger partial charge in [-0.1, -0.05) is 31.2 Å². The van der Waals surface area contributed by atoms with E-state index in [1.165, 1.54) is 12.7 Å². The lowest BCUT2D eigenvalue weighted by Gasteiger charge is -2.03. The minimum atomic E-state index is -0.394. The SMILES string of the molecule is C=CC(=O)OC.CCCOc1ccc(C)cc1. The van der Waals surface area contributed by atoms with Crippen LogP contribution in [0.1, 0.15) is 18.9 Å². The summed E-state index contributed by atoms with van der Waals surface area (Å²) in [6, 6.07) is 8.13. The van der Waals surface area contributed by atoms with Gasteiger partial charge in [-0.3, -0.25) is 0 Å². The molecule has 94 valence electrons. The molecule has 3 heteroatoms. The largest absolute Gasteiger partial charge is 0.494 e. The Bertz CT molecular complexity index is 328.